The highest BCUT2D eigenvalue weighted by Crippen LogP contribution is 2.35. The van der Waals surface area contributed by atoms with E-state index in [0.29, 0.717) is 0 Å². The lowest BCUT2D eigenvalue weighted by Gasteiger charge is -2.30. The van der Waals surface area contributed by atoms with E-state index in [2.05, 4.69) is 24.4 Å². The lowest BCUT2D eigenvalue weighted by atomic mass is 10.1. The highest BCUT2D eigenvalue weighted by Gasteiger charge is 2.31. The summed E-state index contributed by atoms with van der Waals surface area (Å²) in [4.78, 5) is 0. The fourth-order valence-corrected chi connectivity index (χ4v) is 2.96. The van der Waals surface area contributed by atoms with Crippen LogP contribution in [0.15, 0.2) is 30.3 Å². The second-order valence-corrected chi connectivity index (χ2v) is 5.26. The number of anilines is 1. The number of benzene rings is 1. The Morgan fingerprint density at radius 2 is 1.95 bits per heavy atom. The Labute approximate surface area is 124 Å². The van der Waals surface area contributed by atoms with Crippen LogP contribution in [-0.2, 0) is 9.47 Å². The average Bonchev–Trinajstić information content (AvgIpc) is 2.88. The van der Waals surface area contributed by atoms with Crippen molar-refractivity contribution < 1.29 is 9.47 Å². The lowest BCUT2D eigenvalue weighted by molar-refractivity contribution is -0.135. The van der Waals surface area contributed by atoms with E-state index in [4.69, 9.17) is 14.6 Å². The zero-order chi connectivity index (χ0) is 14.8. The zero-order valence-corrected chi connectivity index (χ0v) is 12.7. The van der Waals surface area contributed by atoms with Crippen molar-refractivity contribution in [3.05, 3.63) is 35.9 Å². The molecular formula is C16H21N3O2. The molecule has 1 unspecified atom stereocenters. The van der Waals surface area contributed by atoms with Gasteiger partial charge >= 0.3 is 0 Å². The standard InChI is InChI=1S/C16H21N3O2/c1-11-14(12-7-5-4-6-8-12)18-19-13(16(20-2)21-3)9-10-17-15(11)19/h4-8,13,16-17H,9-10H2,1-3H3. The fraction of sp³-hybridized carbons (Fsp3) is 0.438. The topological polar surface area (TPSA) is 48.3 Å². The molecule has 0 amide bonds. The molecule has 1 aromatic carbocycles. The molecule has 0 spiro atoms. The first-order chi connectivity index (χ1) is 10.3. The summed E-state index contributed by atoms with van der Waals surface area (Å²) in [6.07, 6.45) is 0.642. The van der Waals surface area contributed by atoms with Crippen molar-refractivity contribution >= 4 is 5.82 Å². The first-order valence-corrected chi connectivity index (χ1v) is 7.20. The van der Waals surface area contributed by atoms with E-state index in [1.165, 1.54) is 0 Å². The molecule has 0 aliphatic carbocycles. The minimum Gasteiger partial charge on any atom is -0.370 e. The molecule has 21 heavy (non-hydrogen) atoms. The van der Waals surface area contributed by atoms with E-state index in [-0.39, 0.29) is 12.3 Å². The third-order valence-corrected chi connectivity index (χ3v) is 4.02. The Kier molecular flexibility index (Phi) is 3.94. The van der Waals surface area contributed by atoms with Gasteiger partial charge < -0.3 is 14.8 Å². The highest BCUT2D eigenvalue weighted by atomic mass is 16.7. The molecule has 0 saturated heterocycles. The summed E-state index contributed by atoms with van der Waals surface area (Å²) in [5.74, 6) is 1.06. The molecule has 2 heterocycles. The van der Waals surface area contributed by atoms with Crippen molar-refractivity contribution in [3.8, 4) is 11.3 Å². The predicted octanol–water partition coefficient (Wildman–Crippen LogP) is 2.83. The molecule has 0 saturated carbocycles. The van der Waals surface area contributed by atoms with Crippen molar-refractivity contribution in [2.45, 2.75) is 25.7 Å². The number of nitrogens with one attached hydrogen (secondary N) is 1. The molecule has 1 atom stereocenters. The van der Waals surface area contributed by atoms with Gasteiger partial charge in [0.15, 0.2) is 6.29 Å². The number of nitrogens with zero attached hydrogens (tertiary/aromatic N) is 2. The van der Waals surface area contributed by atoms with Crippen LogP contribution in [0.5, 0.6) is 0 Å². The minimum absolute atomic E-state index is 0.0902. The van der Waals surface area contributed by atoms with Gasteiger partial charge in [-0.2, -0.15) is 5.10 Å². The summed E-state index contributed by atoms with van der Waals surface area (Å²) in [7, 11) is 3.34. The summed E-state index contributed by atoms with van der Waals surface area (Å²) < 4.78 is 12.9. The zero-order valence-electron chi connectivity index (χ0n) is 12.7. The van der Waals surface area contributed by atoms with Gasteiger partial charge in [0, 0.05) is 31.9 Å². The van der Waals surface area contributed by atoms with Crippen molar-refractivity contribution in [3.63, 3.8) is 0 Å². The molecule has 1 aliphatic rings. The Morgan fingerprint density at radius 3 is 2.62 bits per heavy atom. The maximum Gasteiger partial charge on any atom is 0.179 e. The van der Waals surface area contributed by atoms with Crippen LogP contribution in [0.4, 0.5) is 5.82 Å². The minimum atomic E-state index is -0.284. The van der Waals surface area contributed by atoms with Gasteiger partial charge in [-0.1, -0.05) is 30.3 Å². The maximum atomic E-state index is 5.44. The normalized spacial score (nSPS) is 17.6. The fourth-order valence-electron chi connectivity index (χ4n) is 2.96. The van der Waals surface area contributed by atoms with Crippen molar-refractivity contribution in [2.24, 2.45) is 0 Å². The van der Waals surface area contributed by atoms with Crippen LogP contribution in [0, 0.1) is 6.92 Å². The Balaban J connectivity index is 2.05. The van der Waals surface area contributed by atoms with Crippen LogP contribution in [-0.4, -0.2) is 36.8 Å². The van der Waals surface area contributed by atoms with E-state index in [0.717, 1.165) is 35.6 Å². The van der Waals surface area contributed by atoms with Crippen LogP contribution >= 0.6 is 0 Å². The maximum absolute atomic E-state index is 5.44. The van der Waals surface area contributed by atoms with Gasteiger partial charge in [-0.25, -0.2) is 4.68 Å². The van der Waals surface area contributed by atoms with Gasteiger partial charge in [-0.15, -0.1) is 0 Å². The molecule has 1 aromatic heterocycles. The highest BCUT2D eigenvalue weighted by molar-refractivity contribution is 5.69. The molecule has 5 heteroatoms. The van der Waals surface area contributed by atoms with Gasteiger partial charge in [0.25, 0.3) is 0 Å². The number of rotatable bonds is 4. The molecule has 0 fully saturated rings. The van der Waals surface area contributed by atoms with E-state index >= 15 is 0 Å². The van der Waals surface area contributed by atoms with Crippen molar-refractivity contribution in [2.75, 3.05) is 26.1 Å². The molecule has 5 nitrogen and oxygen atoms in total. The Morgan fingerprint density at radius 1 is 1.24 bits per heavy atom. The lowest BCUT2D eigenvalue weighted by Crippen LogP contribution is -2.34. The number of fused-ring (bicyclic) bond motifs is 1. The molecule has 2 aromatic rings. The summed E-state index contributed by atoms with van der Waals surface area (Å²) in [6, 6.07) is 10.3. The van der Waals surface area contributed by atoms with Crippen molar-refractivity contribution in [1.29, 1.82) is 0 Å². The first kappa shape index (κ1) is 14.1. The molecule has 112 valence electrons. The number of aromatic nitrogens is 2. The molecule has 0 bridgehead atoms. The van der Waals surface area contributed by atoms with Gasteiger partial charge in [0.2, 0.25) is 0 Å². The number of ether oxygens (including phenoxy) is 2. The van der Waals surface area contributed by atoms with E-state index in [1.54, 1.807) is 14.2 Å². The molecule has 1 N–H and O–H groups in total. The molecular weight excluding hydrogens is 266 g/mol. The predicted molar refractivity (Wildman–Crippen MR) is 82.3 cm³/mol. The van der Waals surface area contributed by atoms with E-state index < -0.39 is 0 Å². The van der Waals surface area contributed by atoms with Gasteiger partial charge in [-0.3, -0.25) is 0 Å². The molecule has 0 radical (unpaired) electrons. The van der Waals surface area contributed by atoms with Crippen LogP contribution in [0.25, 0.3) is 11.3 Å². The number of hydrogen-bond donors (Lipinski definition) is 1. The molecule has 1 aliphatic heterocycles. The summed E-state index contributed by atoms with van der Waals surface area (Å²) >= 11 is 0. The largest absolute Gasteiger partial charge is 0.370 e. The van der Waals surface area contributed by atoms with Crippen LogP contribution < -0.4 is 5.32 Å². The summed E-state index contributed by atoms with van der Waals surface area (Å²) in [5, 5.41) is 8.26. The first-order valence-electron chi connectivity index (χ1n) is 7.20. The van der Waals surface area contributed by atoms with Crippen LogP contribution in [0.1, 0.15) is 18.0 Å². The smallest absolute Gasteiger partial charge is 0.179 e. The third-order valence-electron chi connectivity index (χ3n) is 4.02. The number of methoxy groups -OCH3 is 2. The second kappa shape index (κ2) is 5.87. The Bertz CT molecular complexity index is 605. The second-order valence-electron chi connectivity index (χ2n) is 5.26. The third kappa shape index (κ3) is 2.43. The number of hydrogen-bond acceptors (Lipinski definition) is 4. The van der Waals surface area contributed by atoms with Gasteiger partial charge in [0.05, 0.1) is 5.69 Å². The van der Waals surface area contributed by atoms with Gasteiger partial charge in [-0.05, 0) is 13.3 Å². The Hall–Kier alpha value is -1.85. The summed E-state index contributed by atoms with van der Waals surface area (Å²) in [6.45, 7) is 3.00. The van der Waals surface area contributed by atoms with E-state index in [9.17, 15) is 0 Å². The van der Waals surface area contributed by atoms with Crippen LogP contribution in [0.3, 0.4) is 0 Å². The quantitative estimate of drug-likeness (QED) is 0.878. The molecule has 3 rings (SSSR count). The SMILES string of the molecule is COC(OC)C1CCNc2c(C)c(-c3ccccc3)nn21. The van der Waals surface area contributed by atoms with Crippen molar-refractivity contribution in [1.82, 2.24) is 9.78 Å². The average molecular weight is 287 g/mol. The summed E-state index contributed by atoms with van der Waals surface area (Å²) in [5.41, 5.74) is 3.30. The van der Waals surface area contributed by atoms with Gasteiger partial charge in [0.1, 0.15) is 11.9 Å². The van der Waals surface area contributed by atoms with E-state index in [1.807, 2.05) is 22.9 Å². The van der Waals surface area contributed by atoms with Crippen LogP contribution in [0.2, 0.25) is 0 Å². The monoisotopic (exact) mass is 287 g/mol.